The van der Waals surface area contributed by atoms with E-state index < -0.39 is 23.1 Å². The number of aromatic nitrogens is 1. The fourth-order valence-corrected chi connectivity index (χ4v) is 3.43. The third-order valence-electron chi connectivity index (χ3n) is 3.66. The maximum Gasteiger partial charge on any atom is 0.285 e. The lowest BCUT2D eigenvalue weighted by atomic mass is 10.2. The Labute approximate surface area is 135 Å². The van der Waals surface area contributed by atoms with E-state index in [2.05, 4.69) is 11.9 Å². The van der Waals surface area contributed by atoms with E-state index in [4.69, 9.17) is 0 Å². The van der Waals surface area contributed by atoms with Crippen LogP contribution in [0.4, 0.5) is 8.78 Å². The summed E-state index contributed by atoms with van der Waals surface area (Å²) in [5, 5.41) is 0. The molecule has 3 rings (SSSR count). The first-order chi connectivity index (χ1) is 11.0. The van der Waals surface area contributed by atoms with Crippen molar-refractivity contribution >= 4 is 27.5 Å². The van der Waals surface area contributed by atoms with Gasteiger partial charge in [0.1, 0.15) is 17.2 Å². The second-order valence-corrected chi connectivity index (χ2v) is 6.12. The quantitative estimate of drug-likeness (QED) is 0.702. The predicted molar refractivity (Wildman–Crippen MR) is 86.4 cm³/mol. The van der Waals surface area contributed by atoms with Gasteiger partial charge in [-0.3, -0.25) is 4.79 Å². The lowest BCUT2D eigenvalue weighted by molar-refractivity contribution is 0.0990. The molecule has 0 saturated carbocycles. The second-order valence-electron chi connectivity index (χ2n) is 5.11. The van der Waals surface area contributed by atoms with E-state index in [0.29, 0.717) is 4.80 Å². The van der Waals surface area contributed by atoms with Gasteiger partial charge >= 0.3 is 0 Å². The van der Waals surface area contributed by atoms with E-state index in [-0.39, 0.29) is 0 Å². The first kappa shape index (κ1) is 15.6. The van der Waals surface area contributed by atoms with Gasteiger partial charge in [0.25, 0.3) is 5.91 Å². The molecule has 0 aliphatic heterocycles. The molecule has 0 aliphatic rings. The molecule has 0 aliphatic carbocycles. The molecule has 0 saturated heterocycles. The van der Waals surface area contributed by atoms with Gasteiger partial charge in [-0.2, -0.15) is 4.99 Å². The van der Waals surface area contributed by atoms with E-state index >= 15 is 0 Å². The Kier molecular flexibility index (Phi) is 4.09. The Morgan fingerprint density at radius 1 is 1.22 bits per heavy atom. The van der Waals surface area contributed by atoms with Crippen LogP contribution in [0.2, 0.25) is 0 Å². The van der Waals surface area contributed by atoms with Crippen LogP contribution in [0.3, 0.4) is 0 Å². The number of amides is 1. The van der Waals surface area contributed by atoms with Crippen LogP contribution in [0.25, 0.3) is 10.2 Å². The Bertz CT molecular complexity index is 952. The van der Waals surface area contributed by atoms with Crippen molar-refractivity contribution in [1.82, 2.24) is 4.57 Å². The monoisotopic (exact) mass is 332 g/mol. The highest BCUT2D eigenvalue weighted by Gasteiger charge is 2.16. The zero-order chi connectivity index (χ0) is 16.6. The number of benzene rings is 2. The third-order valence-corrected chi connectivity index (χ3v) is 4.75. The summed E-state index contributed by atoms with van der Waals surface area (Å²) in [5.74, 6) is -2.73. The average Bonchev–Trinajstić information content (AvgIpc) is 2.82. The van der Waals surface area contributed by atoms with Crippen molar-refractivity contribution in [3.05, 3.63) is 64.0 Å². The van der Waals surface area contributed by atoms with Crippen LogP contribution in [0.15, 0.2) is 41.4 Å². The molecule has 1 amide bonds. The summed E-state index contributed by atoms with van der Waals surface area (Å²) in [7, 11) is 1.77. The Morgan fingerprint density at radius 3 is 2.57 bits per heavy atom. The van der Waals surface area contributed by atoms with Crippen LogP contribution in [0, 0.1) is 11.6 Å². The summed E-state index contributed by atoms with van der Waals surface area (Å²) in [5.41, 5.74) is 1.48. The van der Waals surface area contributed by atoms with E-state index in [0.717, 1.165) is 28.8 Å². The SMILES string of the molecule is CCc1ccc2c(c1)sc(=NC(=O)c1c(F)cccc1F)n2C. The predicted octanol–water partition coefficient (Wildman–Crippen LogP) is 3.82. The highest BCUT2D eigenvalue weighted by atomic mass is 32.1. The lowest BCUT2D eigenvalue weighted by Gasteiger charge is -1.99. The average molecular weight is 332 g/mol. The number of fused-ring (bicyclic) bond motifs is 1. The lowest BCUT2D eigenvalue weighted by Crippen LogP contribution is -2.14. The van der Waals surface area contributed by atoms with Gasteiger partial charge in [0.05, 0.1) is 10.2 Å². The maximum absolute atomic E-state index is 13.7. The van der Waals surface area contributed by atoms with E-state index in [1.54, 1.807) is 11.6 Å². The molecule has 3 aromatic rings. The molecule has 1 heterocycles. The Morgan fingerprint density at radius 2 is 1.91 bits per heavy atom. The highest BCUT2D eigenvalue weighted by molar-refractivity contribution is 7.16. The molecule has 0 atom stereocenters. The smallest absolute Gasteiger partial charge is 0.285 e. The van der Waals surface area contributed by atoms with Crippen molar-refractivity contribution < 1.29 is 13.6 Å². The minimum absolute atomic E-state index is 0.404. The number of hydrogen-bond acceptors (Lipinski definition) is 2. The van der Waals surface area contributed by atoms with Crippen molar-refractivity contribution in [2.75, 3.05) is 0 Å². The van der Waals surface area contributed by atoms with Crippen LogP contribution in [0.5, 0.6) is 0 Å². The first-order valence-electron chi connectivity index (χ1n) is 7.12. The van der Waals surface area contributed by atoms with Crippen molar-refractivity contribution in [3.63, 3.8) is 0 Å². The molecular formula is C17H14F2N2OS. The van der Waals surface area contributed by atoms with Gasteiger partial charge < -0.3 is 4.57 Å². The van der Waals surface area contributed by atoms with Gasteiger partial charge in [-0.05, 0) is 36.2 Å². The van der Waals surface area contributed by atoms with E-state index in [1.165, 1.54) is 23.0 Å². The number of rotatable bonds is 2. The van der Waals surface area contributed by atoms with Crippen molar-refractivity contribution in [2.45, 2.75) is 13.3 Å². The van der Waals surface area contributed by atoms with Gasteiger partial charge in [-0.1, -0.05) is 30.4 Å². The molecule has 0 bridgehead atoms. The number of carbonyl (C=O) groups is 1. The molecule has 0 N–H and O–H groups in total. The van der Waals surface area contributed by atoms with Gasteiger partial charge in [-0.15, -0.1) is 0 Å². The molecule has 6 heteroatoms. The molecule has 1 aromatic heterocycles. The molecule has 0 unspecified atom stereocenters. The Balaban J connectivity index is 2.14. The van der Waals surface area contributed by atoms with Gasteiger partial charge in [0, 0.05) is 7.05 Å². The summed E-state index contributed by atoms with van der Waals surface area (Å²) in [4.78, 5) is 16.5. The number of hydrogen-bond donors (Lipinski definition) is 0. The van der Waals surface area contributed by atoms with E-state index in [1.807, 2.05) is 18.2 Å². The van der Waals surface area contributed by atoms with Gasteiger partial charge in [0.2, 0.25) is 0 Å². The number of aryl methyl sites for hydroxylation is 2. The third kappa shape index (κ3) is 2.82. The summed E-state index contributed by atoms with van der Waals surface area (Å²) >= 11 is 1.32. The van der Waals surface area contributed by atoms with Gasteiger partial charge in [-0.25, -0.2) is 8.78 Å². The second kappa shape index (κ2) is 6.04. The molecule has 0 radical (unpaired) electrons. The highest BCUT2D eigenvalue weighted by Crippen LogP contribution is 2.19. The van der Waals surface area contributed by atoms with Crippen LogP contribution < -0.4 is 4.80 Å². The molecule has 0 fully saturated rings. The molecule has 3 nitrogen and oxygen atoms in total. The topological polar surface area (TPSA) is 34.4 Å². The van der Waals surface area contributed by atoms with Gasteiger partial charge in [0.15, 0.2) is 4.80 Å². The van der Waals surface area contributed by atoms with Crippen LogP contribution >= 0.6 is 11.3 Å². The van der Waals surface area contributed by atoms with Crippen LogP contribution in [-0.4, -0.2) is 10.5 Å². The largest absolute Gasteiger partial charge is 0.319 e. The normalized spacial score (nSPS) is 12.1. The molecule has 2 aromatic carbocycles. The summed E-state index contributed by atoms with van der Waals surface area (Å²) in [6.45, 7) is 2.06. The fraction of sp³-hybridized carbons (Fsp3) is 0.176. The number of halogens is 2. The minimum atomic E-state index is -0.918. The molecule has 118 valence electrons. The number of thiazole rings is 1. The minimum Gasteiger partial charge on any atom is -0.319 e. The fourth-order valence-electron chi connectivity index (χ4n) is 2.35. The summed E-state index contributed by atoms with van der Waals surface area (Å²) in [6.07, 6.45) is 0.906. The number of nitrogens with zero attached hydrogens (tertiary/aromatic N) is 2. The summed E-state index contributed by atoms with van der Waals surface area (Å²) in [6, 6.07) is 9.31. The Hall–Kier alpha value is -2.34. The number of carbonyl (C=O) groups excluding carboxylic acids is 1. The first-order valence-corrected chi connectivity index (χ1v) is 7.94. The zero-order valence-corrected chi connectivity index (χ0v) is 13.5. The molecular weight excluding hydrogens is 318 g/mol. The summed E-state index contributed by atoms with van der Waals surface area (Å²) < 4.78 is 30.1. The molecule has 23 heavy (non-hydrogen) atoms. The van der Waals surface area contributed by atoms with Crippen LogP contribution in [0.1, 0.15) is 22.8 Å². The zero-order valence-electron chi connectivity index (χ0n) is 12.6. The van der Waals surface area contributed by atoms with E-state index in [9.17, 15) is 13.6 Å². The van der Waals surface area contributed by atoms with Crippen LogP contribution in [-0.2, 0) is 13.5 Å². The van der Waals surface area contributed by atoms with Crippen molar-refractivity contribution in [3.8, 4) is 0 Å². The van der Waals surface area contributed by atoms with Crippen molar-refractivity contribution in [1.29, 1.82) is 0 Å². The standard InChI is InChI=1S/C17H14F2N2OS/c1-3-10-7-8-13-14(9-10)23-17(21(13)2)20-16(22)15-11(18)5-4-6-12(15)19/h4-9H,3H2,1-2H3. The molecule has 0 spiro atoms. The van der Waals surface area contributed by atoms with Crippen molar-refractivity contribution in [2.24, 2.45) is 12.0 Å². The maximum atomic E-state index is 13.7.